The lowest BCUT2D eigenvalue weighted by Gasteiger charge is -2.21. The van der Waals surface area contributed by atoms with Crippen LogP contribution in [0.5, 0.6) is 5.75 Å². The topological polar surface area (TPSA) is 64.4 Å². The number of hydrogen-bond donors (Lipinski definition) is 1. The Hall–Kier alpha value is -2.51. The van der Waals surface area contributed by atoms with Crippen molar-refractivity contribution in [3.63, 3.8) is 0 Å². The van der Waals surface area contributed by atoms with Crippen molar-refractivity contribution in [2.45, 2.75) is 58.4 Å². The monoisotopic (exact) mass is 384 g/mol. The Balaban J connectivity index is 0.000000321. The Morgan fingerprint density at radius 3 is 2.11 bits per heavy atom. The number of carboxylic acids is 1. The van der Waals surface area contributed by atoms with Crippen molar-refractivity contribution < 1.29 is 27.8 Å². The molecule has 0 spiro atoms. The number of aromatic nitrogens is 2. The molecule has 0 atom stereocenters. The van der Waals surface area contributed by atoms with E-state index in [1.54, 1.807) is 0 Å². The van der Waals surface area contributed by atoms with Gasteiger partial charge in [-0.15, -0.1) is 0 Å². The lowest BCUT2D eigenvalue weighted by molar-refractivity contribution is -0.192. The molecular formula is C19H23F3N2O3. The van der Waals surface area contributed by atoms with E-state index in [9.17, 15) is 13.2 Å². The normalized spacial score (nSPS) is 14.3. The first-order valence-electron chi connectivity index (χ1n) is 8.52. The summed E-state index contributed by atoms with van der Waals surface area (Å²) in [5.41, 5.74) is 3.54. The molecule has 0 aliphatic heterocycles. The number of benzene rings is 1. The number of carbonyl (C=O) groups is 1. The third kappa shape index (κ3) is 6.01. The van der Waals surface area contributed by atoms with Crippen molar-refractivity contribution in [3.8, 4) is 17.0 Å². The fraction of sp³-hybridized carbons (Fsp3) is 0.474. The van der Waals surface area contributed by atoms with Gasteiger partial charge in [0.1, 0.15) is 11.4 Å². The molecule has 3 rings (SSSR count). The second kappa shape index (κ2) is 7.62. The van der Waals surface area contributed by atoms with Gasteiger partial charge in [0.15, 0.2) is 0 Å². The van der Waals surface area contributed by atoms with Gasteiger partial charge < -0.3 is 9.84 Å². The Labute approximate surface area is 155 Å². The molecule has 1 aromatic carbocycles. The fourth-order valence-corrected chi connectivity index (χ4v) is 2.44. The molecule has 0 unspecified atom stereocenters. The molecule has 0 radical (unpaired) electrons. The van der Waals surface area contributed by atoms with Gasteiger partial charge in [-0.2, -0.15) is 18.3 Å². The van der Waals surface area contributed by atoms with Crippen LogP contribution < -0.4 is 4.74 Å². The summed E-state index contributed by atoms with van der Waals surface area (Å²) in [4.78, 5) is 8.90. The van der Waals surface area contributed by atoms with Crippen molar-refractivity contribution in [1.82, 2.24) is 9.78 Å². The largest absolute Gasteiger partial charge is 0.490 e. The minimum Gasteiger partial charge on any atom is -0.488 e. The summed E-state index contributed by atoms with van der Waals surface area (Å²) >= 11 is 0. The summed E-state index contributed by atoms with van der Waals surface area (Å²) in [6, 6.07) is 8.95. The van der Waals surface area contributed by atoms with Crippen molar-refractivity contribution in [2.24, 2.45) is 0 Å². The quantitative estimate of drug-likeness (QED) is 0.808. The van der Waals surface area contributed by atoms with Gasteiger partial charge in [0.25, 0.3) is 0 Å². The minimum absolute atomic E-state index is 0.160. The first-order valence-corrected chi connectivity index (χ1v) is 8.52. The van der Waals surface area contributed by atoms with Gasteiger partial charge in [-0.25, -0.2) is 4.79 Å². The van der Waals surface area contributed by atoms with E-state index >= 15 is 0 Å². The average Bonchev–Trinajstić information content (AvgIpc) is 3.29. The summed E-state index contributed by atoms with van der Waals surface area (Å²) in [7, 11) is 0. The smallest absolute Gasteiger partial charge is 0.488 e. The molecule has 2 aromatic rings. The van der Waals surface area contributed by atoms with E-state index in [4.69, 9.17) is 14.6 Å². The van der Waals surface area contributed by atoms with Crippen molar-refractivity contribution in [1.29, 1.82) is 0 Å². The van der Waals surface area contributed by atoms with Crippen LogP contribution in [0.15, 0.2) is 30.5 Å². The maximum absolute atomic E-state index is 10.6. The number of carboxylic acid groups (broad SMARTS) is 1. The molecule has 1 fully saturated rings. The molecule has 0 bridgehead atoms. The van der Waals surface area contributed by atoms with E-state index in [0.717, 1.165) is 5.75 Å². The highest BCUT2D eigenvalue weighted by molar-refractivity contribution is 5.73. The Bertz CT molecular complexity index is 786. The first-order chi connectivity index (χ1) is 12.4. The van der Waals surface area contributed by atoms with Gasteiger partial charge in [-0.05, 0) is 70.4 Å². The molecule has 1 aliphatic carbocycles. The van der Waals surface area contributed by atoms with Gasteiger partial charge in [-0.1, -0.05) is 0 Å². The first kappa shape index (κ1) is 20.8. The maximum Gasteiger partial charge on any atom is 0.490 e. The molecule has 1 aromatic heterocycles. The number of aryl methyl sites for hydroxylation is 1. The summed E-state index contributed by atoms with van der Waals surface area (Å²) in [5.74, 6) is -1.84. The van der Waals surface area contributed by atoms with Gasteiger partial charge >= 0.3 is 12.1 Å². The van der Waals surface area contributed by atoms with Crippen LogP contribution in [-0.4, -0.2) is 32.6 Å². The van der Waals surface area contributed by atoms with Crippen LogP contribution in [0.2, 0.25) is 0 Å². The average molecular weight is 384 g/mol. The molecule has 1 aliphatic rings. The van der Waals surface area contributed by atoms with Crippen molar-refractivity contribution >= 4 is 5.97 Å². The minimum atomic E-state index is -5.08. The summed E-state index contributed by atoms with van der Waals surface area (Å²) in [5, 5.41) is 11.6. The van der Waals surface area contributed by atoms with E-state index < -0.39 is 12.1 Å². The zero-order chi connectivity index (χ0) is 20.4. The molecule has 27 heavy (non-hydrogen) atoms. The number of alkyl halides is 3. The summed E-state index contributed by atoms with van der Waals surface area (Å²) < 4.78 is 39.8. The molecule has 5 nitrogen and oxygen atoms in total. The Morgan fingerprint density at radius 1 is 1.19 bits per heavy atom. The lowest BCUT2D eigenvalue weighted by Crippen LogP contribution is -2.22. The highest BCUT2D eigenvalue weighted by atomic mass is 19.4. The zero-order valence-electron chi connectivity index (χ0n) is 15.7. The van der Waals surface area contributed by atoms with Gasteiger partial charge in [-0.3, -0.25) is 4.68 Å². The van der Waals surface area contributed by atoms with Crippen LogP contribution >= 0.6 is 0 Å². The molecule has 0 amide bonds. The standard InChI is InChI=1S/C17H22N2O.C2HF3O2/c1-12-11-18-19(14-7-8-14)16(12)13-5-9-15(10-6-13)20-17(2,3)4;3-2(4,5)1(6)7/h5-6,9-11,14H,7-8H2,1-4H3;(H,6,7). The number of aliphatic carboxylic acids is 1. The number of ether oxygens (including phenoxy) is 1. The highest BCUT2D eigenvalue weighted by Gasteiger charge is 2.38. The SMILES string of the molecule is Cc1cnn(C2CC2)c1-c1ccc(OC(C)(C)C)cc1.O=C(O)C(F)(F)F. The zero-order valence-corrected chi connectivity index (χ0v) is 15.7. The van der Waals surface area contributed by atoms with Crippen LogP contribution in [-0.2, 0) is 4.79 Å². The van der Waals surface area contributed by atoms with Gasteiger partial charge in [0.2, 0.25) is 0 Å². The van der Waals surface area contributed by atoms with Crippen molar-refractivity contribution in [2.75, 3.05) is 0 Å². The highest BCUT2D eigenvalue weighted by Crippen LogP contribution is 2.39. The number of rotatable bonds is 3. The lowest BCUT2D eigenvalue weighted by atomic mass is 10.1. The fourth-order valence-electron chi connectivity index (χ4n) is 2.44. The van der Waals surface area contributed by atoms with E-state index in [2.05, 4.69) is 49.6 Å². The van der Waals surface area contributed by atoms with Gasteiger partial charge in [0, 0.05) is 5.56 Å². The van der Waals surface area contributed by atoms with Gasteiger partial charge in [0.05, 0.1) is 17.9 Å². The molecule has 0 saturated heterocycles. The molecule has 1 heterocycles. The van der Waals surface area contributed by atoms with E-state index in [0.29, 0.717) is 6.04 Å². The summed E-state index contributed by atoms with van der Waals surface area (Å²) in [6.45, 7) is 8.31. The third-order valence-electron chi connectivity index (χ3n) is 3.67. The Kier molecular flexibility index (Phi) is 5.87. The van der Waals surface area contributed by atoms with Crippen LogP contribution in [0.3, 0.4) is 0 Å². The van der Waals surface area contributed by atoms with Crippen LogP contribution in [0.1, 0.15) is 45.2 Å². The third-order valence-corrected chi connectivity index (χ3v) is 3.67. The van der Waals surface area contributed by atoms with Crippen LogP contribution in [0, 0.1) is 6.92 Å². The van der Waals surface area contributed by atoms with Crippen molar-refractivity contribution in [3.05, 3.63) is 36.0 Å². The molecule has 1 N–H and O–H groups in total. The molecular weight excluding hydrogens is 361 g/mol. The van der Waals surface area contributed by atoms with E-state index in [1.165, 1.54) is 29.7 Å². The molecule has 148 valence electrons. The second-order valence-electron chi connectivity index (χ2n) is 7.39. The number of halogens is 3. The maximum atomic E-state index is 10.6. The van der Waals surface area contributed by atoms with Crippen LogP contribution in [0.4, 0.5) is 13.2 Å². The van der Waals surface area contributed by atoms with Crippen LogP contribution in [0.25, 0.3) is 11.3 Å². The second-order valence-corrected chi connectivity index (χ2v) is 7.39. The molecule has 1 saturated carbocycles. The predicted molar refractivity (Wildman–Crippen MR) is 94.7 cm³/mol. The number of nitrogens with zero attached hydrogens (tertiary/aromatic N) is 2. The Morgan fingerprint density at radius 2 is 1.70 bits per heavy atom. The molecule has 8 heteroatoms. The number of hydrogen-bond acceptors (Lipinski definition) is 3. The van der Waals surface area contributed by atoms with E-state index in [-0.39, 0.29) is 5.60 Å². The summed E-state index contributed by atoms with van der Waals surface area (Å²) in [6.07, 6.45) is -0.619. The van der Waals surface area contributed by atoms with E-state index in [1.807, 2.05) is 18.3 Å². The predicted octanol–water partition coefficient (Wildman–Crippen LogP) is 5.00.